The van der Waals surface area contributed by atoms with E-state index < -0.39 is 5.91 Å². The molecule has 0 aliphatic heterocycles. The lowest BCUT2D eigenvalue weighted by Crippen LogP contribution is -2.18. The summed E-state index contributed by atoms with van der Waals surface area (Å²) in [7, 11) is 0. The van der Waals surface area contributed by atoms with E-state index in [0.29, 0.717) is 51.6 Å². The van der Waals surface area contributed by atoms with Crippen molar-refractivity contribution in [2.75, 3.05) is 6.61 Å². The second-order valence-electron chi connectivity index (χ2n) is 8.13. The molecule has 0 unspecified atom stereocenters. The van der Waals surface area contributed by atoms with Crippen LogP contribution in [0.2, 0.25) is 10.0 Å². The molecule has 4 rings (SSSR count). The summed E-state index contributed by atoms with van der Waals surface area (Å²) in [4.78, 5) is 12.8. The Morgan fingerprint density at radius 3 is 2.34 bits per heavy atom. The van der Waals surface area contributed by atoms with E-state index in [1.165, 1.54) is 6.21 Å². The van der Waals surface area contributed by atoms with E-state index in [2.05, 4.69) is 10.5 Å². The zero-order valence-electron chi connectivity index (χ0n) is 20.7. The van der Waals surface area contributed by atoms with E-state index >= 15 is 0 Å². The Bertz CT molecular complexity index is 1410. The largest absolute Gasteiger partial charge is 0.490 e. The first-order valence-corrected chi connectivity index (χ1v) is 12.7. The Hall–Kier alpha value is -4.00. The van der Waals surface area contributed by atoms with Crippen molar-refractivity contribution in [1.29, 1.82) is 0 Å². The van der Waals surface area contributed by atoms with Crippen molar-refractivity contribution in [2.45, 2.75) is 20.1 Å². The summed E-state index contributed by atoms with van der Waals surface area (Å²) in [6.07, 6.45) is 1.48. The van der Waals surface area contributed by atoms with Gasteiger partial charge in [-0.2, -0.15) is 5.10 Å². The summed E-state index contributed by atoms with van der Waals surface area (Å²) in [5, 5.41) is 5.23. The van der Waals surface area contributed by atoms with Gasteiger partial charge < -0.3 is 14.2 Å². The molecule has 38 heavy (non-hydrogen) atoms. The quantitative estimate of drug-likeness (QED) is 0.157. The number of carbonyl (C=O) groups excluding carboxylic acids is 1. The fourth-order valence-electron chi connectivity index (χ4n) is 3.52. The topological polar surface area (TPSA) is 69.2 Å². The van der Waals surface area contributed by atoms with Gasteiger partial charge in [0, 0.05) is 26.7 Å². The SMILES string of the molecule is CCOc1cc(C(=O)N/N=C/c2cc(Cl)ccc2OCc2ccccc2Cl)ccc1OCc1ccccc1. The van der Waals surface area contributed by atoms with Crippen molar-refractivity contribution in [3.8, 4) is 17.2 Å². The Morgan fingerprint density at radius 1 is 0.816 bits per heavy atom. The molecule has 0 radical (unpaired) electrons. The highest BCUT2D eigenvalue weighted by Crippen LogP contribution is 2.29. The normalized spacial score (nSPS) is 10.8. The van der Waals surface area contributed by atoms with Crippen LogP contribution in [0.3, 0.4) is 0 Å². The Balaban J connectivity index is 1.42. The number of ether oxygens (including phenoxy) is 3. The Kier molecular flexibility index (Phi) is 9.62. The highest BCUT2D eigenvalue weighted by Gasteiger charge is 2.12. The Labute approximate surface area is 231 Å². The van der Waals surface area contributed by atoms with Crippen molar-refractivity contribution in [1.82, 2.24) is 5.43 Å². The van der Waals surface area contributed by atoms with Gasteiger partial charge >= 0.3 is 0 Å². The molecule has 0 saturated carbocycles. The average Bonchev–Trinajstić information content (AvgIpc) is 2.93. The Morgan fingerprint density at radius 2 is 1.55 bits per heavy atom. The van der Waals surface area contributed by atoms with Crippen molar-refractivity contribution >= 4 is 35.3 Å². The van der Waals surface area contributed by atoms with Gasteiger partial charge in [-0.3, -0.25) is 4.79 Å². The molecule has 1 N–H and O–H groups in total. The van der Waals surface area contributed by atoms with Gasteiger partial charge in [-0.15, -0.1) is 0 Å². The van der Waals surface area contributed by atoms with Gasteiger partial charge in [0.05, 0.1) is 12.8 Å². The van der Waals surface area contributed by atoms with Crippen LogP contribution in [0.5, 0.6) is 17.2 Å². The van der Waals surface area contributed by atoms with Gasteiger partial charge in [0.2, 0.25) is 0 Å². The molecule has 0 aliphatic rings. The maximum atomic E-state index is 12.8. The van der Waals surface area contributed by atoms with E-state index in [9.17, 15) is 4.79 Å². The van der Waals surface area contributed by atoms with Crippen molar-refractivity contribution in [3.63, 3.8) is 0 Å². The number of hydrogen-bond acceptors (Lipinski definition) is 5. The molecular formula is C30H26Cl2N2O4. The molecule has 1 amide bonds. The zero-order chi connectivity index (χ0) is 26.7. The first-order chi connectivity index (χ1) is 18.5. The molecule has 0 spiro atoms. The minimum absolute atomic E-state index is 0.271. The predicted molar refractivity (Wildman–Crippen MR) is 151 cm³/mol. The lowest BCUT2D eigenvalue weighted by Gasteiger charge is -2.13. The van der Waals surface area contributed by atoms with Crippen LogP contribution in [-0.2, 0) is 13.2 Å². The van der Waals surface area contributed by atoms with Crippen LogP contribution in [0.4, 0.5) is 0 Å². The second-order valence-corrected chi connectivity index (χ2v) is 8.97. The molecule has 0 atom stereocenters. The molecule has 0 fully saturated rings. The summed E-state index contributed by atoms with van der Waals surface area (Å²) in [5.74, 6) is 1.17. The predicted octanol–water partition coefficient (Wildman–Crippen LogP) is 7.31. The number of nitrogens with zero attached hydrogens (tertiary/aromatic N) is 1. The third-order valence-electron chi connectivity index (χ3n) is 5.43. The first-order valence-electron chi connectivity index (χ1n) is 12.0. The molecular weight excluding hydrogens is 523 g/mol. The van der Waals surface area contributed by atoms with Crippen LogP contribution < -0.4 is 19.6 Å². The number of hydrogen-bond donors (Lipinski definition) is 1. The van der Waals surface area contributed by atoms with E-state index in [-0.39, 0.29) is 6.61 Å². The highest BCUT2D eigenvalue weighted by atomic mass is 35.5. The maximum absolute atomic E-state index is 12.8. The van der Waals surface area contributed by atoms with Crippen molar-refractivity contribution < 1.29 is 19.0 Å². The smallest absolute Gasteiger partial charge is 0.271 e. The molecule has 8 heteroatoms. The third kappa shape index (κ3) is 7.51. The standard InChI is InChI=1S/C30H26Cl2N2O4/c1-2-36-29-17-22(12-14-28(29)37-19-21-8-4-3-5-9-21)30(35)34-33-18-24-16-25(31)13-15-27(24)38-20-23-10-6-7-11-26(23)32/h3-18H,2,19-20H2,1H3,(H,34,35)/b33-18+. The number of hydrazone groups is 1. The molecule has 0 heterocycles. The summed E-state index contributed by atoms with van der Waals surface area (Å²) in [6, 6.07) is 27.4. The second kappa shape index (κ2) is 13.5. The van der Waals surface area contributed by atoms with Gasteiger partial charge in [-0.1, -0.05) is 71.7 Å². The van der Waals surface area contributed by atoms with Gasteiger partial charge in [-0.05, 0) is 55.0 Å². The van der Waals surface area contributed by atoms with Gasteiger partial charge in [-0.25, -0.2) is 5.43 Å². The third-order valence-corrected chi connectivity index (χ3v) is 6.03. The van der Waals surface area contributed by atoms with Gasteiger partial charge in [0.15, 0.2) is 11.5 Å². The number of amides is 1. The zero-order valence-corrected chi connectivity index (χ0v) is 22.2. The molecule has 6 nitrogen and oxygen atoms in total. The minimum atomic E-state index is -0.405. The number of nitrogens with one attached hydrogen (secondary N) is 1. The first kappa shape index (κ1) is 27.0. The minimum Gasteiger partial charge on any atom is -0.490 e. The summed E-state index contributed by atoms with van der Waals surface area (Å²) >= 11 is 12.4. The number of halogens is 2. The summed E-state index contributed by atoms with van der Waals surface area (Å²) in [5.41, 5.74) is 5.39. The molecule has 4 aromatic carbocycles. The highest BCUT2D eigenvalue weighted by molar-refractivity contribution is 6.31. The van der Waals surface area contributed by atoms with Crippen molar-refractivity contribution in [2.24, 2.45) is 5.10 Å². The van der Waals surface area contributed by atoms with Gasteiger partial charge in [0.1, 0.15) is 19.0 Å². The van der Waals surface area contributed by atoms with E-state index in [1.807, 2.05) is 55.5 Å². The maximum Gasteiger partial charge on any atom is 0.271 e. The van der Waals surface area contributed by atoms with Crippen LogP contribution in [0, 0.1) is 0 Å². The van der Waals surface area contributed by atoms with Crippen LogP contribution in [0.15, 0.2) is 96.1 Å². The van der Waals surface area contributed by atoms with Crippen LogP contribution in [0.1, 0.15) is 34.0 Å². The van der Waals surface area contributed by atoms with E-state index in [1.54, 1.807) is 42.5 Å². The molecule has 0 aromatic heterocycles. The summed E-state index contributed by atoms with van der Waals surface area (Å²) < 4.78 is 17.6. The van der Waals surface area contributed by atoms with E-state index in [0.717, 1.165) is 11.1 Å². The number of benzene rings is 4. The van der Waals surface area contributed by atoms with E-state index in [4.69, 9.17) is 37.4 Å². The lowest BCUT2D eigenvalue weighted by molar-refractivity contribution is 0.0954. The lowest BCUT2D eigenvalue weighted by atomic mass is 10.2. The van der Waals surface area contributed by atoms with Crippen LogP contribution in [0.25, 0.3) is 0 Å². The summed E-state index contributed by atoms with van der Waals surface area (Å²) in [6.45, 7) is 2.95. The van der Waals surface area contributed by atoms with Gasteiger partial charge in [0.25, 0.3) is 5.91 Å². The average molecular weight is 549 g/mol. The molecule has 194 valence electrons. The van der Waals surface area contributed by atoms with Crippen LogP contribution in [-0.4, -0.2) is 18.7 Å². The molecule has 0 aliphatic carbocycles. The fraction of sp³-hybridized carbons (Fsp3) is 0.133. The fourth-order valence-corrected chi connectivity index (χ4v) is 3.89. The molecule has 0 bridgehead atoms. The monoisotopic (exact) mass is 548 g/mol. The molecule has 4 aromatic rings. The van der Waals surface area contributed by atoms with Crippen molar-refractivity contribution in [3.05, 3.63) is 123 Å². The number of carbonyl (C=O) groups is 1. The molecule has 0 saturated heterocycles. The number of rotatable bonds is 11. The van der Waals surface area contributed by atoms with Crippen LogP contribution >= 0.6 is 23.2 Å².